The molecule has 2 N–H and O–H groups in total. The lowest BCUT2D eigenvalue weighted by atomic mass is 10.2. The Labute approximate surface area is 124 Å². The summed E-state index contributed by atoms with van der Waals surface area (Å²) in [6.07, 6.45) is 0. The number of rotatable bonds is 4. The first-order valence-electron chi connectivity index (χ1n) is 5.08. The van der Waals surface area contributed by atoms with Crippen LogP contribution < -0.4 is 4.72 Å². The van der Waals surface area contributed by atoms with Gasteiger partial charge in [0.2, 0.25) is 0 Å². The van der Waals surface area contributed by atoms with E-state index in [2.05, 4.69) is 4.72 Å². The number of halogens is 2. The third kappa shape index (κ3) is 3.04. The first kappa shape index (κ1) is 14.6. The standard InChI is InChI=1S/C11H9Cl2NO3S2/c12-9-1-2-10(11(13)8(9)5-15)19(16,17)14-7-3-4-18-6-7/h1-4,6,14-15H,5H2. The van der Waals surface area contributed by atoms with Gasteiger partial charge in [-0.25, -0.2) is 8.42 Å². The van der Waals surface area contributed by atoms with E-state index in [1.165, 1.54) is 23.5 Å². The topological polar surface area (TPSA) is 66.4 Å². The SMILES string of the molecule is O=S(=O)(Nc1ccsc1)c1ccc(Cl)c(CO)c1Cl. The van der Waals surface area contributed by atoms with Crippen molar-refractivity contribution in [1.29, 1.82) is 0 Å². The molecule has 0 aliphatic rings. The van der Waals surface area contributed by atoms with Crippen LogP contribution in [0.25, 0.3) is 0 Å². The molecule has 0 atom stereocenters. The molecule has 0 fully saturated rings. The molecule has 0 radical (unpaired) electrons. The summed E-state index contributed by atoms with van der Waals surface area (Å²) in [4.78, 5) is -0.117. The van der Waals surface area contributed by atoms with E-state index in [1.54, 1.807) is 16.8 Å². The van der Waals surface area contributed by atoms with Gasteiger partial charge in [-0.05, 0) is 23.6 Å². The Morgan fingerprint density at radius 1 is 1.26 bits per heavy atom. The van der Waals surface area contributed by atoms with Gasteiger partial charge in [-0.1, -0.05) is 23.2 Å². The number of nitrogens with one attached hydrogen (secondary N) is 1. The molecule has 1 aromatic heterocycles. The van der Waals surface area contributed by atoms with Gasteiger partial charge in [0.25, 0.3) is 10.0 Å². The van der Waals surface area contributed by atoms with Crippen molar-refractivity contribution in [2.45, 2.75) is 11.5 Å². The molecule has 0 aliphatic heterocycles. The van der Waals surface area contributed by atoms with Crippen LogP contribution in [0.3, 0.4) is 0 Å². The molecule has 0 spiro atoms. The van der Waals surface area contributed by atoms with E-state index in [0.29, 0.717) is 5.69 Å². The Kier molecular flexibility index (Phi) is 4.37. The van der Waals surface area contributed by atoms with E-state index in [0.717, 1.165) is 0 Å². The fraction of sp³-hybridized carbons (Fsp3) is 0.0909. The first-order valence-corrected chi connectivity index (χ1v) is 8.26. The number of sulfonamides is 1. The van der Waals surface area contributed by atoms with Gasteiger partial charge in [-0.3, -0.25) is 4.72 Å². The second kappa shape index (κ2) is 5.68. The molecule has 0 saturated heterocycles. The van der Waals surface area contributed by atoms with Gasteiger partial charge in [0, 0.05) is 16.0 Å². The average molecular weight is 338 g/mol. The second-order valence-corrected chi connectivity index (χ2v) is 6.83. The van der Waals surface area contributed by atoms with E-state index in [4.69, 9.17) is 28.3 Å². The third-order valence-corrected chi connectivity index (χ3v) is 5.38. The van der Waals surface area contributed by atoms with Crippen molar-refractivity contribution in [3.8, 4) is 0 Å². The Morgan fingerprint density at radius 3 is 2.58 bits per heavy atom. The summed E-state index contributed by atoms with van der Waals surface area (Å²) in [6.45, 7) is -0.431. The van der Waals surface area contributed by atoms with Crippen LogP contribution in [0.1, 0.15) is 5.56 Å². The summed E-state index contributed by atoms with van der Waals surface area (Å²) in [5.41, 5.74) is 0.651. The third-order valence-electron chi connectivity index (χ3n) is 2.37. The molecule has 0 bridgehead atoms. The first-order chi connectivity index (χ1) is 8.95. The number of benzene rings is 1. The summed E-state index contributed by atoms with van der Waals surface area (Å²) in [5, 5.41) is 12.7. The molecule has 1 heterocycles. The number of anilines is 1. The summed E-state index contributed by atoms with van der Waals surface area (Å²) < 4.78 is 26.8. The van der Waals surface area contributed by atoms with Crippen molar-refractivity contribution < 1.29 is 13.5 Å². The smallest absolute Gasteiger partial charge is 0.263 e. The molecule has 0 saturated carbocycles. The molecule has 1 aromatic carbocycles. The number of aliphatic hydroxyl groups excluding tert-OH is 1. The highest BCUT2D eigenvalue weighted by Crippen LogP contribution is 2.32. The summed E-state index contributed by atoms with van der Waals surface area (Å²) in [6, 6.07) is 4.33. The molecule has 2 aromatic rings. The van der Waals surface area contributed by atoms with Gasteiger partial charge in [0.1, 0.15) is 4.90 Å². The van der Waals surface area contributed by atoms with E-state index in [9.17, 15) is 8.42 Å². The van der Waals surface area contributed by atoms with Crippen molar-refractivity contribution in [1.82, 2.24) is 0 Å². The zero-order valence-electron chi connectivity index (χ0n) is 9.43. The van der Waals surface area contributed by atoms with Gasteiger partial charge in [-0.15, -0.1) is 0 Å². The number of thiophene rings is 1. The predicted octanol–water partition coefficient (Wildman–Crippen LogP) is 3.35. The molecule has 2 rings (SSSR count). The van der Waals surface area contributed by atoms with Crippen LogP contribution in [0.15, 0.2) is 33.9 Å². The number of aliphatic hydroxyl groups is 1. The number of hydrogen-bond donors (Lipinski definition) is 2. The van der Waals surface area contributed by atoms with Crippen molar-refractivity contribution in [3.63, 3.8) is 0 Å². The lowest BCUT2D eigenvalue weighted by molar-refractivity contribution is 0.282. The van der Waals surface area contributed by atoms with Crippen molar-refractivity contribution >= 4 is 50.2 Å². The van der Waals surface area contributed by atoms with Gasteiger partial charge < -0.3 is 5.11 Å². The Morgan fingerprint density at radius 2 is 2.00 bits per heavy atom. The Hall–Kier alpha value is -0.790. The molecule has 102 valence electrons. The van der Waals surface area contributed by atoms with Crippen LogP contribution in [0.2, 0.25) is 10.0 Å². The predicted molar refractivity (Wildman–Crippen MR) is 77.5 cm³/mol. The molecular formula is C11H9Cl2NO3S2. The van der Waals surface area contributed by atoms with E-state index >= 15 is 0 Å². The zero-order chi connectivity index (χ0) is 14.0. The highest BCUT2D eigenvalue weighted by Gasteiger charge is 2.21. The van der Waals surface area contributed by atoms with Crippen LogP contribution >= 0.6 is 34.5 Å². The molecule has 0 unspecified atom stereocenters. The van der Waals surface area contributed by atoms with Crippen LogP contribution in [-0.2, 0) is 16.6 Å². The zero-order valence-corrected chi connectivity index (χ0v) is 12.6. The van der Waals surface area contributed by atoms with E-state index in [1.807, 2.05) is 0 Å². The van der Waals surface area contributed by atoms with Crippen molar-refractivity contribution in [2.24, 2.45) is 0 Å². The van der Waals surface area contributed by atoms with Gasteiger partial charge >= 0.3 is 0 Å². The molecule has 19 heavy (non-hydrogen) atoms. The molecule has 0 aliphatic carbocycles. The van der Waals surface area contributed by atoms with Gasteiger partial charge in [-0.2, -0.15) is 11.3 Å². The monoisotopic (exact) mass is 337 g/mol. The lowest BCUT2D eigenvalue weighted by Crippen LogP contribution is -2.13. The summed E-state index contributed by atoms with van der Waals surface area (Å²) >= 11 is 13.2. The summed E-state index contributed by atoms with van der Waals surface area (Å²) in [7, 11) is -3.81. The van der Waals surface area contributed by atoms with Crippen LogP contribution in [0.4, 0.5) is 5.69 Å². The van der Waals surface area contributed by atoms with E-state index < -0.39 is 16.6 Å². The average Bonchev–Trinajstić information content (AvgIpc) is 2.81. The van der Waals surface area contributed by atoms with E-state index in [-0.39, 0.29) is 20.5 Å². The van der Waals surface area contributed by atoms with Crippen LogP contribution in [0, 0.1) is 0 Å². The highest BCUT2D eigenvalue weighted by atomic mass is 35.5. The molecule has 0 amide bonds. The minimum Gasteiger partial charge on any atom is -0.392 e. The second-order valence-electron chi connectivity index (χ2n) is 3.61. The summed E-state index contributed by atoms with van der Waals surface area (Å²) in [5.74, 6) is 0. The molecule has 4 nitrogen and oxygen atoms in total. The fourth-order valence-electron chi connectivity index (χ4n) is 1.46. The van der Waals surface area contributed by atoms with Gasteiger partial charge in [0.15, 0.2) is 0 Å². The minimum absolute atomic E-state index is 0.0715. The molecule has 8 heteroatoms. The maximum atomic E-state index is 12.2. The highest BCUT2D eigenvalue weighted by molar-refractivity contribution is 7.92. The largest absolute Gasteiger partial charge is 0.392 e. The Balaban J connectivity index is 2.47. The molecular weight excluding hydrogens is 329 g/mol. The maximum Gasteiger partial charge on any atom is 0.263 e. The normalized spacial score (nSPS) is 11.5. The fourth-order valence-corrected chi connectivity index (χ4v) is 4.07. The maximum absolute atomic E-state index is 12.2. The minimum atomic E-state index is -3.81. The lowest BCUT2D eigenvalue weighted by Gasteiger charge is -2.11. The van der Waals surface area contributed by atoms with Crippen LogP contribution in [0.5, 0.6) is 0 Å². The number of hydrogen-bond acceptors (Lipinski definition) is 4. The van der Waals surface area contributed by atoms with Crippen molar-refractivity contribution in [3.05, 3.63) is 44.6 Å². The Bertz CT molecular complexity index is 684. The van der Waals surface area contributed by atoms with Crippen molar-refractivity contribution in [2.75, 3.05) is 4.72 Å². The van der Waals surface area contributed by atoms with Gasteiger partial charge in [0.05, 0.1) is 17.3 Å². The quantitative estimate of drug-likeness (QED) is 0.898. The van der Waals surface area contributed by atoms with Crippen LogP contribution in [-0.4, -0.2) is 13.5 Å².